The number of amides is 1. The van der Waals surface area contributed by atoms with Gasteiger partial charge in [-0.15, -0.1) is 0 Å². The molecular formula is C19H25NO5. The molecule has 1 saturated heterocycles. The molecule has 6 heteroatoms. The summed E-state index contributed by atoms with van der Waals surface area (Å²) in [5.41, 5.74) is -1.79. The van der Waals surface area contributed by atoms with Crippen LogP contribution in [0.15, 0.2) is 30.3 Å². The van der Waals surface area contributed by atoms with Crippen LogP contribution in [-0.4, -0.2) is 46.4 Å². The number of carbonyl (C=O) groups is 2. The normalized spacial score (nSPS) is 20.4. The summed E-state index contributed by atoms with van der Waals surface area (Å²) < 4.78 is 10.7. The van der Waals surface area contributed by atoms with E-state index in [1.165, 1.54) is 4.90 Å². The van der Waals surface area contributed by atoms with Crippen molar-refractivity contribution in [3.63, 3.8) is 0 Å². The summed E-state index contributed by atoms with van der Waals surface area (Å²) in [5.74, 6) is -0.375. The summed E-state index contributed by atoms with van der Waals surface area (Å²) in [4.78, 5) is 26.0. The maximum absolute atomic E-state index is 12.5. The van der Waals surface area contributed by atoms with Gasteiger partial charge in [-0.05, 0) is 39.2 Å². The second-order valence-electron chi connectivity index (χ2n) is 8.01. The van der Waals surface area contributed by atoms with Gasteiger partial charge < -0.3 is 19.5 Å². The van der Waals surface area contributed by atoms with Gasteiger partial charge in [-0.2, -0.15) is 0 Å². The first-order valence-electron chi connectivity index (χ1n) is 8.57. The molecular weight excluding hydrogens is 322 g/mol. The monoisotopic (exact) mass is 347 g/mol. The molecule has 0 atom stereocenters. The molecule has 1 aliphatic heterocycles. The molecule has 0 aromatic heterocycles. The van der Waals surface area contributed by atoms with E-state index in [1.807, 2.05) is 30.3 Å². The van der Waals surface area contributed by atoms with Crippen LogP contribution in [0, 0.1) is 5.41 Å². The lowest BCUT2D eigenvalue weighted by atomic mass is 9.77. The topological polar surface area (TPSA) is 76.1 Å². The second kappa shape index (κ2) is 6.02. The Balaban J connectivity index is 1.53. The molecule has 25 heavy (non-hydrogen) atoms. The van der Waals surface area contributed by atoms with E-state index < -0.39 is 22.7 Å². The van der Waals surface area contributed by atoms with Crippen LogP contribution in [-0.2, 0) is 20.9 Å². The standard InChI is InChI=1S/C19H25NO5/c1-17(2,3)25-15(21)18(9-10-18)19(23)12-20(13-19)16(22)24-11-14-7-5-4-6-8-14/h4-8,23H,9-13H2,1-3H3. The van der Waals surface area contributed by atoms with Gasteiger partial charge in [0, 0.05) is 0 Å². The molecule has 1 saturated carbocycles. The number of nitrogens with zero attached hydrogens (tertiary/aromatic N) is 1. The van der Waals surface area contributed by atoms with Crippen LogP contribution in [0.4, 0.5) is 4.79 Å². The Kier molecular flexibility index (Phi) is 4.27. The average Bonchev–Trinajstić information content (AvgIpc) is 3.31. The van der Waals surface area contributed by atoms with E-state index in [0.29, 0.717) is 12.8 Å². The molecule has 1 N–H and O–H groups in total. The van der Waals surface area contributed by atoms with Gasteiger partial charge in [0.05, 0.1) is 13.1 Å². The van der Waals surface area contributed by atoms with Crippen molar-refractivity contribution in [3.05, 3.63) is 35.9 Å². The minimum Gasteiger partial charge on any atom is -0.459 e. The van der Waals surface area contributed by atoms with Crippen molar-refractivity contribution in [2.45, 2.75) is 51.4 Å². The zero-order chi connectivity index (χ0) is 18.3. The Labute approximate surface area is 147 Å². The Morgan fingerprint density at radius 2 is 1.76 bits per heavy atom. The lowest BCUT2D eigenvalue weighted by Gasteiger charge is -2.49. The molecule has 0 unspecified atom stereocenters. The lowest BCUT2D eigenvalue weighted by molar-refractivity contribution is -0.189. The Morgan fingerprint density at radius 3 is 2.28 bits per heavy atom. The van der Waals surface area contributed by atoms with Crippen LogP contribution in [0.25, 0.3) is 0 Å². The molecule has 1 aromatic carbocycles. The highest BCUT2D eigenvalue weighted by Gasteiger charge is 2.70. The van der Waals surface area contributed by atoms with E-state index in [1.54, 1.807) is 20.8 Å². The number of ether oxygens (including phenoxy) is 2. The molecule has 3 rings (SSSR count). The van der Waals surface area contributed by atoms with Gasteiger partial charge in [0.2, 0.25) is 0 Å². The van der Waals surface area contributed by atoms with Crippen molar-refractivity contribution in [1.82, 2.24) is 4.90 Å². The summed E-state index contributed by atoms with van der Waals surface area (Å²) in [5, 5.41) is 10.8. The predicted molar refractivity (Wildman–Crippen MR) is 90.7 cm³/mol. The molecule has 0 spiro atoms. The number of aliphatic hydroxyl groups is 1. The van der Waals surface area contributed by atoms with Crippen LogP contribution in [0.5, 0.6) is 0 Å². The number of carbonyl (C=O) groups excluding carboxylic acids is 2. The van der Waals surface area contributed by atoms with Crippen LogP contribution < -0.4 is 0 Å². The predicted octanol–water partition coefficient (Wildman–Crippen LogP) is 2.49. The third kappa shape index (κ3) is 3.49. The van der Waals surface area contributed by atoms with Crippen molar-refractivity contribution in [2.75, 3.05) is 13.1 Å². The Hall–Kier alpha value is -2.08. The number of rotatable bonds is 4. The van der Waals surface area contributed by atoms with E-state index in [4.69, 9.17) is 9.47 Å². The third-order valence-corrected chi connectivity index (χ3v) is 4.80. The van der Waals surface area contributed by atoms with Gasteiger partial charge in [-0.25, -0.2) is 4.79 Å². The van der Waals surface area contributed by atoms with E-state index in [0.717, 1.165) is 5.56 Å². The average molecular weight is 347 g/mol. The third-order valence-electron chi connectivity index (χ3n) is 4.80. The first-order valence-corrected chi connectivity index (χ1v) is 8.57. The quantitative estimate of drug-likeness (QED) is 0.847. The number of esters is 1. The van der Waals surface area contributed by atoms with Gasteiger partial charge in [-0.1, -0.05) is 30.3 Å². The summed E-state index contributed by atoms with van der Waals surface area (Å²) in [6.07, 6.45) is 0.699. The lowest BCUT2D eigenvalue weighted by Crippen LogP contribution is -2.69. The SMILES string of the molecule is CC(C)(C)OC(=O)C1(C2(O)CN(C(=O)OCc3ccccc3)C2)CC1. The van der Waals surface area contributed by atoms with Crippen molar-refractivity contribution in [3.8, 4) is 0 Å². The minimum atomic E-state index is -1.22. The van der Waals surface area contributed by atoms with Gasteiger partial charge in [0.1, 0.15) is 23.2 Å². The number of β-amino-alcohol motifs (C(OH)–C–C–N with tert-alkyl or cyclic N) is 1. The Bertz CT molecular complexity index is 654. The first kappa shape index (κ1) is 17.7. The Morgan fingerprint density at radius 1 is 1.16 bits per heavy atom. The zero-order valence-corrected chi connectivity index (χ0v) is 14.9. The van der Waals surface area contributed by atoms with E-state index in [2.05, 4.69) is 0 Å². The molecule has 2 aliphatic rings. The smallest absolute Gasteiger partial charge is 0.410 e. The zero-order valence-electron chi connectivity index (χ0n) is 14.9. The maximum atomic E-state index is 12.5. The van der Waals surface area contributed by atoms with Crippen molar-refractivity contribution in [1.29, 1.82) is 0 Å². The fourth-order valence-corrected chi connectivity index (χ4v) is 3.19. The van der Waals surface area contributed by atoms with Crippen molar-refractivity contribution in [2.24, 2.45) is 5.41 Å². The van der Waals surface area contributed by atoms with Crippen LogP contribution in [0.1, 0.15) is 39.2 Å². The fraction of sp³-hybridized carbons (Fsp3) is 0.579. The summed E-state index contributed by atoms with van der Waals surface area (Å²) >= 11 is 0. The molecule has 2 fully saturated rings. The van der Waals surface area contributed by atoms with Crippen LogP contribution >= 0.6 is 0 Å². The molecule has 6 nitrogen and oxygen atoms in total. The van der Waals surface area contributed by atoms with E-state index >= 15 is 0 Å². The number of likely N-dealkylation sites (tertiary alicyclic amines) is 1. The van der Waals surface area contributed by atoms with Gasteiger partial charge in [-0.3, -0.25) is 4.79 Å². The van der Waals surface area contributed by atoms with Crippen LogP contribution in [0.3, 0.4) is 0 Å². The number of hydrogen-bond donors (Lipinski definition) is 1. The summed E-state index contributed by atoms with van der Waals surface area (Å²) in [7, 11) is 0. The van der Waals surface area contributed by atoms with Gasteiger partial charge in [0.15, 0.2) is 0 Å². The van der Waals surface area contributed by atoms with E-state index in [9.17, 15) is 14.7 Å². The first-order chi connectivity index (χ1) is 11.7. The summed E-state index contributed by atoms with van der Waals surface area (Å²) in [6, 6.07) is 9.40. The molecule has 1 aromatic rings. The fourth-order valence-electron chi connectivity index (χ4n) is 3.19. The number of hydrogen-bond acceptors (Lipinski definition) is 5. The largest absolute Gasteiger partial charge is 0.459 e. The molecule has 0 bridgehead atoms. The highest BCUT2D eigenvalue weighted by atomic mass is 16.6. The highest BCUT2D eigenvalue weighted by Crippen LogP contribution is 2.58. The second-order valence-corrected chi connectivity index (χ2v) is 8.01. The highest BCUT2D eigenvalue weighted by molar-refractivity contribution is 5.83. The molecule has 136 valence electrons. The van der Waals surface area contributed by atoms with Crippen molar-refractivity contribution >= 4 is 12.1 Å². The molecule has 1 aliphatic carbocycles. The van der Waals surface area contributed by atoms with Gasteiger partial charge in [0.25, 0.3) is 0 Å². The van der Waals surface area contributed by atoms with Gasteiger partial charge >= 0.3 is 12.1 Å². The maximum Gasteiger partial charge on any atom is 0.410 e. The summed E-state index contributed by atoms with van der Waals surface area (Å²) in [6.45, 7) is 5.79. The van der Waals surface area contributed by atoms with Crippen LogP contribution in [0.2, 0.25) is 0 Å². The minimum absolute atomic E-state index is 0.0971. The van der Waals surface area contributed by atoms with E-state index in [-0.39, 0.29) is 25.7 Å². The molecule has 0 radical (unpaired) electrons. The molecule has 1 heterocycles. The molecule has 1 amide bonds. The van der Waals surface area contributed by atoms with Crippen molar-refractivity contribution < 1.29 is 24.2 Å². The number of benzene rings is 1.